The fraction of sp³-hybridized carbons (Fsp3) is 1.00. The van der Waals surface area contributed by atoms with Crippen LogP contribution in [0.1, 0.15) is 6.42 Å². The standard InChI is InChI=1S/C5H11NO3/c7-3-1-4(8)5(9)6-2-3/h3-9H,1-2H2/t3-,4+,5?/m0/s1. The van der Waals surface area contributed by atoms with Crippen molar-refractivity contribution in [2.45, 2.75) is 24.9 Å². The predicted molar refractivity (Wildman–Crippen MR) is 30.6 cm³/mol. The van der Waals surface area contributed by atoms with E-state index in [9.17, 15) is 0 Å². The van der Waals surface area contributed by atoms with E-state index in [-0.39, 0.29) is 6.42 Å². The second kappa shape index (κ2) is 2.62. The normalized spacial score (nSPS) is 45.0. The van der Waals surface area contributed by atoms with Crippen LogP contribution in [0, 0.1) is 0 Å². The molecule has 9 heavy (non-hydrogen) atoms. The second-order valence-corrected chi connectivity index (χ2v) is 2.31. The van der Waals surface area contributed by atoms with Crippen LogP contribution in [0.3, 0.4) is 0 Å². The molecule has 1 fully saturated rings. The lowest BCUT2D eigenvalue weighted by Gasteiger charge is -2.27. The summed E-state index contributed by atoms with van der Waals surface area (Å²) in [5.41, 5.74) is 0. The van der Waals surface area contributed by atoms with Crippen LogP contribution >= 0.6 is 0 Å². The fourth-order valence-electron chi connectivity index (χ4n) is 0.884. The van der Waals surface area contributed by atoms with Gasteiger partial charge in [-0.3, -0.25) is 5.32 Å². The first-order valence-electron chi connectivity index (χ1n) is 2.97. The van der Waals surface area contributed by atoms with Crippen LogP contribution in [0.4, 0.5) is 0 Å². The Morgan fingerprint density at radius 3 is 2.33 bits per heavy atom. The van der Waals surface area contributed by atoms with Gasteiger partial charge in [-0.2, -0.15) is 0 Å². The smallest absolute Gasteiger partial charge is 0.131 e. The van der Waals surface area contributed by atoms with Crippen molar-refractivity contribution in [3.05, 3.63) is 0 Å². The van der Waals surface area contributed by atoms with E-state index in [1.165, 1.54) is 0 Å². The lowest BCUT2D eigenvalue weighted by atomic mass is 10.1. The number of nitrogens with one attached hydrogen (secondary N) is 1. The van der Waals surface area contributed by atoms with Crippen LogP contribution in [0.2, 0.25) is 0 Å². The molecule has 1 unspecified atom stereocenters. The van der Waals surface area contributed by atoms with Crippen LogP contribution in [-0.4, -0.2) is 40.3 Å². The number of hydrogen-bond acceptors (Lipinski definition) is 4. The lowest BCUT2D eigenvalue weighted by molar-refractivity contribution is -0.0592. The Balaban J connectivity index is 2.35. The number of aliphatic hydroxyl groups excluding tert-OH is 3. The Bertz CT molecular complexity index is 98.2. The molecule has 3 atom stereocenters. The van der Waals surface area contributed by atoms with E-state index in [4.69, 9.17) is 15.3 Å². The van der Waals surface area contributed by atoms with Gasteiger partial charge in [0, 0.05) is 13.0 Å². The molecule has 0 aliphatic carbocycles. The average Bonchev–Trinajstić information content (AvgIpc) is 1.80. The average molecular weight is 133 g/mol. The number of hydrogen-bond donors (Lipinski definition) is 4. The van der Waals surface area contributed by atoms with E-state index in [0.717, 1.165) is 0 Å². The van der Waals surface area contributed by atoms with Crippen LogP contribution in [0.15, 0.2) is 0 Å². The molecule has 0 aromatic rings. The van der Waals surface area contributed by atoms with Gasteiger partial charge in [0.15, 0.2) is 0 Å². The van der Waals surface area contributed by atoms with Gasteiger partial charge in [0.2, 0.25) is 0 Å². The molecule has 4 nitrogen and oxygen atoms in total. The molecule has 0 spiro atoms. The molecule has 0 aromatic carbocycles. The lowest BCUT2D eigenvalue weighted by Crippen LogP contribution is -2.50. The van der Waals surface area contributed by atoms with Crippen LogP contribution in [-0.2, 0) is 0 Å². The van der Waals surface area contributed by atoms with Gasteiger partial charge in [0.05, 0.1) is 12.2 Å². The number of rotatable bonds is 0. The first-order valence-corrected chi connectivity index (χ1v) is 2.97. The maximum absolute atomic E-state index is 8.88. The zero-order chi connectivity index (χ0) is 6.85. The van der Waals surface area contributed by atoms with Gasteiger partial charge in [-0.1, -0.05) is 0 Å². The van der Waals surface area contributed by atoms with E-state index < -0.39 is 18.4 Å². The van der Waals surface area contributed by atoms with Gasteiger partial charge in [0.1, 0.15) is 6.23 Å². The van der Waals surface area contributed by atoms with E-state index >= 15 is 0 Å². The number of aliphatic hydroxyl groups is 3. The summed E-state index contributed by atoms with van der Waals surface area (Å²) >= 11 is 0. The summed E-state index contributed by atoms with van der Waals surface area (Å²) in [6.45, 7) is 0.359. The van der Waals surface area contributed by atoms with Crippen LogP contribution in [0.5, 0.6) is 0 Å². The van der Waals surface area contributed by atoms with Crippen molar-refractivity contribution in [2.24, 2.45) is 0 Å². The highest BCUT2D eigenvalue weighted by molar-refractivity contribution is 4.77. The molecule has 0 aromatic heterocycles. The van der Waals surface area contributed by atoms with Crippen molar-refractivity contribution < 1.29 is 15.3 Å². The molecule has 0 saturated carbocycles. The van der Waals surface area contributed by atoms with Crippen LogP contribution in [0.25, 0.3) is 0 Å². The van der Waals surface area contributed by atoms with E-state index in [1.807, 2.05) is 0 Å². The molecule has 0 radical (unpaired) electrons. The number of piperidine rings is 1. The minimum absolute atomic E-state index is 0.258. The molecular formula is C5H11NO3. The van der Waals surface area contributed by atoms with Gasteiger partial charge >= 0.3 is 0 Å². The molecule has 0 bridgehead atoms. The zero-order valence-electron chi connectivity index (χ0n) is 4.99. The summed E-state index contributed by atoms with van der Waals surface area (Å²) in [5, 5.41) is 29.1. The molecule has 4 N–H and O–H groups in total. The maximum atomic E-state index is 8.88. The van der Waals surface area contributed by atoms with Crippen molar-refractivity contribution >= 4 is 0 Å². The summed E-state index contributed by atoms with van der Waals surface area (Å²) in [5.74, 6) is 0. The molecular weight excluding hydrogens is 122 g/mol. The number of β-amino-alcohol motifs (C(OH)–C–C–N with tert-alkyl or cyclic N) is 1. The minimum atomic E-state index is -0.867. The monoisotopic (exact) mass is 133 g/mol. The summed E-state index contributed by atoms with van der Waals surface area (Å²) < 4.78 is 0. The molecule has 0 amide bonds. The molecule has 4 heteroatoms. The van der Waals surface area contributed by atoms with E-state index in [2.05, 4.69) is 5.32 Å². The minimum Gasteiger partial charge on any atom is -0.392 e. The van der Waals surface area contributed by atoms with Crippen LogP contribution < -0.4 is 5.32 Å². The van der Waals surface area contributed by atoms with E-state index in [1.54, 1.807) is 0 Å². The molecule has 1 heterocycles. The summed E-state index contributed by atoms with van der Waals surface area (Å²) in [6.07, 6.45) is -1.96. The predicted octanol–water partition coefficient (Wildman–Crippen LogP) is -1.98. The Morgan fingerprint density at radius 1 is 1.22 bits per heavy atom. The summed E-state index contributed by atoms with van der Waals surface area (Å²) in [7, 11) is 0. The molecule has 1 rings (SSSR count). The Kier molecular flexibility index (Phi) is 2.02. The third kappa shape index (κ3) is 1.62. The van der Waals surface area contributed by atoms with Crippen molar-refractivity contribution in [3.63, 3.8) is 0 Å². The van der Waals surface area contributed by atoms with E-state index in [0.29, 0.717) is 6.54 Å². The van der Waals surface area contributed by atoms with Gasteiger partial charge in [-0.05, 0) is 0 Å². The highest BCUT2D eigenvalue weighted by Crippen LogP contribution is 2.05. The Morgan fingerprint density at radius 2 is 1.89 bits per heavy atom. The zero-order valence-corrected chi connectivity index (χ0v) is 4.99. The molecule has 1 saturated heterocycles. The third-order valence-corrected chi connectivity index (χ3v) is 1.44. The van der Waals surface area contributed by atoms with Crippen molar-refractivity contribution in [1.82, 2.24) is 5.32 Å². The molecule has 1 aliphatic rings. The first-order chi connectivity index (χ1) is 4.20. The first kappa shape index (κ1) is 6.95. The second-order valence-electron chi connectivity index (χ2n) is 2.31. The topological polar surface area (TPSA) is 72.7 Å². The fourth-order valence-corrected chi connectivity index (χ4v) is 0.884. The molecule has 54 valence electrons. The van der Waals surface area contributed by atoms with Crippen molar-refractivity contribution in [2.75, 3.05) is 6.54 Å². The van der Waals surface area contributed by atoms with Gasteiger partial charge in [-0.15, -0.1) is 0 Å². The largest absolute Gasteiger partial charge is 0.392 e. The van der Waals surface area contributed by atoms with Crippen molar-refractivity contribution in [3.8, 4) is 0 Å². The highest BCUT2D eigenvalue weighted by Gasteiger charge is 2.24. The Hall–Kier alpha value is -0.160. The van der Waals surface area contributed by atoms with Gasteiger partial charge in [0.25, 0.3) is 0 Å². The van der Waals surface area contributed by atoms with Gasteiger partial charge in [-0.25, -0.2) is 0 Å². The van der Waals surface area contributed by atoms with Crippen molar-refractivity contribution in [1.29, 1.82) is 0 Å². The molecule has 1 aliphatic heterocycles. The third-order valence-electron chi connectivity index (χ3n) is 1.44. The van der Waals surface area contributed by atoms with Gasteiger partial charge < -0.3 is 15.3 Å². The Labute approximate surface area is 53.1 Å². The quantitative estimate of drug-likeness (QED) is 0.309. The SMILES string of the molecule is OC1NC[C@@H](O)C[C@H]1O. The summed E-state index contributed by atoms with van der Waals surface area (Å²) in [6, 6.07) is 0. The maximum Gasteiger partial charge on any atom is 0.131 e. The summed E-state index contributed by atoms with van der Waals surface area (Å²) in [4.78, 5) is 0. The highest BCUT2D eigenvalue weighted by atomic mass is 16.3.